The fourth-order valence-corrected chi connectivity index (χ4v) is 2.25. The van der Waals surface area contributed by atoms with Crippen LogP contribution in [0.25, 0.3) is 0 Å². The molecule has 2 aromatic carbocycles. The molecular weight excluding hydrogens is 322 g/mol. The predicted molar refractivity (Wildman–Crippen MR) is 94.7 cm³/mol. The van der Waals surface area contributed by atoms with E-state index >= 15 is 0 Å². The SMILES string of the molecule is CCOc1cc(C(=O)N(C)c2ccc(C)cc2)ccc1OCC(=O)O. The van der Waals surface area contributed by atoms with E-state index < -0.39 is 12.6 Å². The normalized spacial score (nSPS) is 10.2. The number of aryl methyl sites for hydroxylation is 1. The van der Waals surface area contributed by atoms with Gasteiger partial charge in [-0.3, -0.25) is 4.79 Å². The number of carbonyl (C=O) groups is 2. The lowest BCUT2D eigenvalue weighted by molar-refractivity contribution is -0.139. The van der Waals surface area contributed by atoms with Crippen LogP contribution in [-0.2, 0) is 4.79 Å². The monoisotopic (exact) mass is 343 g/mol. The number of carboxylic acid groups (broad SMARTS) is 1. The number of hydrogen-bond acceptors (Lipinski definition) is 4. The van der Waals surface area contributed by atoms with Crippen molar-refractivity contribution in [3.8, 4) is 11.5 Å². The van der Waals surface area contributed by atoms with Crippen molar-refractivity contribution in [2.45, 2.75) is 13.8 Å². The summed E-state index contributed by atoms with van der Waals surface area (Å²) in [5.41, 5.74) is 2.32. The van der Waals surface area contributed by atoms with E-state index in [-0.39, 0.29) is 5.91 Å². The number of anilines is 1. The van der Waals surface area contributed by atoms with Crippen molar-refractivity contribution in [1.82, 2.24) is 0 Å². The molecular formula is C19H21NO5. The molecule has 0 bridgehead atoms. The third-order valence-electron chi connectivity index (χ3n) is 3.57. The Kier molecular flexibility index (Phi) is 6.00. The lowest BCUT2D eigenvalue weighted by Crippen LogP contribution is -2.26. The Bertz CT molecular complexity index is 755. The first-order valence-electron chi connectivity index (χ1n) is 7.88. The highest BCUT2D eigenvalue weighted by Crippen LogP contribution is 2.29. The van der Waals surface area contributed by atoms with Gasteiger partial charge in [0.25, 0.3) is 5.91 Å². The van der Waals surface area contributed by atoms with Crippen LogP contribution < -0.4 is 14.4 Å². The van der Waals surface area contributed by atoms with Crippen LogP contribution in [0.2, 0.25) is 0 Å². The van der Waals surface area contributed by atoms with Gasteiger partial charge >= 0.3 is 5.97 Å². The van der Waals surface area contributed by atoms with Crippen LogP contribution in [0.15, 0.2) is 42.5 Å². The van der Waals surface area contributed by atoms with E-state index in [1.54, 1.807) is 37.1 Å². The molecule has 6 heteroatoms. The fourth-order valence-electron chi connectivity index (χ4n) is 2.25. The number of aliphatic carboxylic acids is 1. The number of benzene rings is 2. The van der Waals surface area contributed by atoms with E-state index in [2.05, 4.69) is 0 Å². The Morgan fingerprint density at radius 1 is 1.04 bits per heavy atom. The van der Waals surface area contributed by atoms with Crippen molar-refractivity contribution in [2.24, 2.45) is 0 Å². The molecule has 0 aromatic heterocycles. The van der Waals surface area contributed by atoms with Gasteiger partial charge in [-0.2, -0.15) is 0 Å². The molecule has 2 rings (SSSR count). The standard InChI is InChI=1S/C19H21NO5/c1-4-24-17-11-14(7-10-16(17)25-12-18(21)22)19(23)20(3)15-8-5-13(2)6-9-15/h5-11H,4,12H2,1-3H3,(H,21,22). The molecule has 132 valence electrons. The van der Waals surface area contributed by atoms with E-state index in [9.17, 15) is 9.59 Å². The van der Waals surface area contributed by atoms with Crippen LogP contribution in [0.3, 0.4) is 0 Å². The van der Waals surface area contributed by atoms with Gasteiger partial charge < -0.3 is 19.5 Å². The summed E-state index contributed by atoms with van der Waals surface area (Å²) in [6, 6.07) is 12.3. The minimum Gasteiger partial charge on any atom is -0.490 e. The molecule has 25 heavy (non-hydrogen) atoms. The molecule has 0 spiro atoms. The molecule has 1 N–H and O–H groups in total. The number of rotatable bonds is 7. The molecule has 0 radical (unpaired) electrons. The van der Waals surface area contributed by atoms with Crippen molar-refractivity contribution in [3.05, 3.63) is 53.6 Å². The molecule has 0 unspecified atom stereocenters. The summed E-state index contributed by atoms with van der Waals surface area (Å²) >= 11 is 0. The van der Waals surface area contributed by atoms with Gasteiger partial charge in [0.05, 0.1) is 6.61 Å². The Morgan fingerprint density at radius 2 is 1.72 bits per heavy atom. The zero-order chi connectivity index (χ0) is 18.4. The molecule has 6 nitrogen and oxygen atoms in total. The topological polar surface area (TPSA) is 76.1 Å². The highest BCUT2D eigenvalue weighted by molar-refractivity contribution is 6.06. The van der Waals surface area contributed by atoms with Crippen molar-refractivity contribution < 1.29 is 24.2 Å². The summed E-state index contributed by atoms with van der Waals surface area (Å²) in [5.74, 6) is -0.651. The van der Waals surface area contributed by atoms with Gasteiger partial charge in [-0.1, -0.05) is 17.7 Å². The average molecular weight is 343 g/mol. The summed E-state index contributed by atoms with van der Waals surface area (Å²) < 4.78 is 10.7. The van der Waals surface area contributed by atoms with Crippen LogP contribution in [0, 0.1) is 6.92 Å². The molecule has 0 aliphatic carbocycles. The molecule has 2 aromatic rings. The molecule has 0 atom stereocenters. The maximum atomic E-state index is 12.7. The van der Waals surface area contributed by atoms with Crippen molar-refractivity contribution in [1.29, 1.82) is 0 Å². The molecule has 0 heterocycles. The van der Waals surface area contributed by atoms with Gasteiger partial charge in [0.15, 0.2) is 18.1 Å². The first-order chi connectivity index (χ1) is 11.9. The number of nitrogens with zero attached hydrogens (tertiary/aromatic N) is 1. The number of amides is 1. The second-order valence-electron chi connectivity index (χ2n) is 5.48. The Labute approximate surface area is 146 Å². The Hall–Kier alpha value is -3.02. The zero-order valence-electron chi connectivity index (χ0n) is 14.5. The number of ether oxygens (including phenoxy) is 2. The van der Waals surface area contributed by atoms with Gasteiger partial charge in [-0.15, -0.1) is 0 Å². The number of carbonyl (C=O) groups excluding carboxylic acids is 1. The quantitative estimate of drug-likeness (QED) is 0.836. The number of carboxylic acids is 1. The Morgan fingerprint density at radius 3 is 2.32 bits per heavy atom. The third kappa shape index (κ3) is 4.73. The summed E-state index contributed by atoms with van der Waals surface area (Å²) in [6.07, 6.45) is 0. The third-order valence-corrected chi connectivity index (χ3v) is 3.57. The summed E-state index contributed by atoms with van der Waals surface area (Å²) in [6.45, 7) is 3.68. The van der Waals surface area contributed by atoms with Gasteiger partial charge in [-0.25, -0.2) is 4.79 Å². The van der Waals surface area contributed by atoms with Crippen LogP contribution in [0.4, 0.5) is 5.69 Å². The van der Waals surface area contributed by atoms with Gasteiger partial charge in [0, 0.05) is 18.3 Å². The van der Waals surface area contributed by atoms with E-state index in [0.29, 0.717) is 23.7 Å². The highest BCUT2D eigenvalue weighted by Gasteiger charge is 2.17. The second-order valence-corrected chi connectivity index (χ2v) is 5.48. The van der Waals surface area contributed by atoms with Gasteiger partial charge in [0.1, 0.15) is 0 Å². The Balaban J connectivity index is 2.25. The van der Waals surface area contributed by atoms with Crippen molar-refractivity contribution in [2.75, 3.05) is 25.2 Å². The molecule has 0 saturated heterocycles. The summed E-state index contributed by atoms with van der Waals surface area (Å²) in [7, 11) is 1.70. The van der Waals surface area contributed by atoms with E-state index in [0.717, 1.165) is 11.3 Å². The minimum atomic E-state index is -1.08. The molecule has 0 saturated carbocycles. The maximum absolute atomic E-state index is 12.7. The number of hydrogen-bond donors (Lipinski definition) is 1. The first kappa shape index (κ1) is 18.3. The summed E-state index contributed by atoms with van der Waals surface area (Å²) in [4.78, 5) is 24.9. The second kappa shape index (κ2) is 8.19. The molecule has 0 aliphatic rings. The van der Waals surface area contributed by atoms with Crippen molar-refractivity contribution in [3.63, 3.8) is 0 Å². The average Bonchev–Trinajstić information content (AvgIpc) is 2.60. The van der Waals surface area contributed by atoms with E-state index in [1.165, 1.54) is 0 Å². The lowest BCUT2D eigenvalue weighted by Gasteiger charge is -2.19. The summed E-state index contributed by atoms with van der Waals surface area (Å²) in [5, 5.41) is 8.73. The van der Waals surface area contributed by atoms with Gasteiger partial charge in [-0.05, 0) is 44.2 Å². The molecule has 0 fully saturated rings. The van der Waals surface area contributed by atoms with Crippen LogP contribution in [0.5, 0.6) is 11.5 Å². The van der Waals surface area contributed by atoms with Crippen molar-refractivity contribution >= 4 is 17.6 Å². The van der Waals surface area contributed by atoms with Crippen LogP contribution in [0.1, 0.15) is 22.8 Å². The van der Waals surface area contributed by atoms with E-state index in [1.807, 2.05) is 31.2 Å². The lowest BCUT2D eigenvalue weighted by atomic mass is 10.1. The minimum absolute atomic E-state index is 0.199. The zero-order valence-corrected chi connectivity index (χ0v) is 14.5. The highest BCUT2D eigenvalue weighted by atomic mass is 16.5. The fraction of sp³-hybridized carbons (Fsp3) is 0.263. The van der Waals surface area contributed by atoms with Crippen LogP contribution >= 0.6 is 0 Å². The molecule has 1 amide bonds. The largest absolute Gasteiger partial charge is 0.490 e. The first-order valence-corrected chi connectivity index (χ1v) is 7.88. The van der Waals surface area contributed by atoms with Gasteiger partial charge in [0.2, 0.25) is 0 Å². The predicted octanol–water partition coefficient (Wildman–Crippen LogP) is 3.13. The molecule has 0 aliphatic heterocycles. The van der Waals surface area contributed by atoms with Crippen LogP contribution in [-0.4, -0.2) is 37.2 Å². The maximum Gasteiger partial charge on any atom is 0.341 e. The smallest absolute Gasteiger partial charge is 0.341 e. The van der Waals surface area contributed by atoms with E-state index in [4.69, 9.17) is 14.6 Å².